The molecule has 0 heterocycles. The molecule has 0 saturated heterocycles. The first-order valence-electron chi connectivity index (χ1n) is 11.3. The molecule has 0 fully saturated rings. The van der Waals surface area contributed by atoms with Crippen LogP contribution in [-0.2, 0) is 4.79 Å². The number of benzene rings is 3. The van der Waals surface area contributed by atoms with Crippen LogP contribution in [0.25, 0.3) is 11.1 Å². The van der Waals surface area contributed by atoms with Crippen molar-refractivity contribution in [1.29, 1.82) is 0 Å². The minimum absolute atomic E-state index is 0.144. The Bertz CT molecular complexity index is 1050. The van der Waals surface area contributed by atoms with Crippen molar-refractivity contribution < 1.29 is 19.4 Å². The summed E-state index contributed by atoms with van der Waals surface area (Å²) in [6, 6.07) is 24.3. The number of amides is 2. The summed E-state index contributed by atoms with van der Waals surface area (Å²) in [7, 11) is 0. The molecule has 0 spiro atoms. The van der Waals surface area contributed by atoms with Crippen molar-refractivity contribution in [3.63, 3.8) is 0 Å². The first-order chi connectivity index (χ1) is 16.4. The Morgan fingerprint density at radius 3 is 2.24 bits per heavy atom. The maximum absolute atomic E-state index is 12.3. The molecule has 3 aromatic carbocycles. The molecule has 3 rings (SSSR count). The molecule has 1 atom stereocenters. The molecule has 0 radical (unpaired) electrons. The van der Waals surface area contributed by atoms with Gasteiger partial charge in [-0.15, -0.1) is 0 Å². The van der Waals surface area contributed by atoms with Crippen molar-refractivity contribution in [2.45, 2.75) is 19.4 Å². The first kappa shape index (κ1) is 25.0. The summed E-state index contributed by atoms with van der Waals surface area (Å²) >= 11 is 0. The zero-order valence-electron chi connectivity index (χ0n) is 19.3. The number of primary amides is 1. The third kappa shape index (κ3) is 7.72. The number of carbonyl (C=O) groups is 2. The van der Waals surface area contributed by atoms with Crippen LogP contribution in [0.5, 0.6) is 5.75 Å². The van der Waals surface area contributed by atoms with Crippen LogP contribution in [0.4, 0.5) is 5.69 Å². The molecular weight excluding hydrogens is 430 g/mol. The number of likely N-dealkylation sites (N-methyl/N-ethyl adjacent to an activating group) is 1. The van der Waals surface area contributed by atoms with Crippen molar-refractivity contribution >= 4 is 17.5 Å². The van der Waals surface area contributed by atoms with E-state index in [0.717, 1.165) is 11.1 Å². The van der Waals surface area contributed by atoms with Crippen molar-refractivity contribution in [3.8, 4) is 16.9 Å². The molecule has 7 nitrogen and oxygen atoms in total. The Morgan fingerprint density at radius 1 is 0.971 bits per heavy atom. The lowest BCUT2D eigenvalue weighted by molar-refractivity contribution is -0.116. The highest BCUT2D eigenvalue weighted by Gasteiger charge is 2.13. The molecular formula is C27H31N3O4. The Kier molecular flexibility index (Phi) is 9.20. The van der Waals surface area contributed by atoms with E-state index in [9.17, 15) is 14.7 Å². The summed E-state index contributed by atoms with van der Waals surface area (Å²) in [5.74, 6) is 0.0428. The molecule has 0 aliphatic heterocycles. The minimum atomic E-state index is -0.682. The summed E-state index contributed by atoms with van der Waals surface area (Å²) in [4.78, 5) is 25.4. The molecule has 0 aliphatic rings. The summed E-state index contributed by atoms with van der Waals surface area (Å²) < 4.78 is 5.75. The maximum Gasteiger partial charge on any atom is 0.248 e. The van der Waals surface area contributed by atoms with Gasteiger partial charge in [0.15, 0.2) is 0 Å². The van der Waals surface area contributed by atoms with E-state index in [2.05, 4.69) is 17.4 Å². The van der Waals surface area contributed by atoms with Crippen molar-refractivity contribution in [1.82, 2.24) is 4.90 Å². The zero-order valence-corrected chi connectivity index (χ0v) is 19.3. The largest absolute Gasteiger partial charge is 0.491 e. The smallest absolute Gasteiger partial charge is 0.248 e. The Labute approximate surface area is 200 Å². The highest BCUT2D eigenvalue weighted by atomic mass is 16.5. The quantitative estimate of drug-likeness (QED) is 0.383. The number of anilines is 1. The standard InChI is InChI=1S/C27H31N3O4/c1-2-30(17-16-26(32)29-23-12-8-22(9-13-23)27(28)33)18-24(31)19-34-25-14-10-21(11-15-25)20-6-4-3-5-7-20/h3-15,24,31H,2,16-19H2,1H3,(H2,28,33)(H,29,32)/t24-/m0/s1. The maximum atomic E-state index is 12.3. The van der Waals surface area contributed by atoms with Crippen LogP contribution in [0.1, 0.15) is 23.7 Å². The van der Waals surface area contributed by atoms with E-state index < -0.39 is 12.0 Å². The molecule has 0 aromatic heterocycles. The van der Waals surface area contributed by atoms with Gasteiger partial charge in [-0.3, -0.25) is 9.59 Å². The van der Waals surface area contributed by atoms with Gasteiger partial charge >= 0.3 is 0 Å². The van der Waals surface area contributed by atoms with E-state index in [1.807, 2.05) is 54.3 Å². The fourth-order valence-corrected chi connectivity index (χ4v) is 3.50. The van der Waals surface area contributed by atoms with Gasteiger partial charge in [0, 0.05) is 30.8 Å². The van der Waals surface area contributed by atoms with Crippen LogP contribution in [0.2, 0.25) is 0 Å². The minimum Gasteiger partial charge on any atom is -0.491 e. The van der Waals surface area contributed by atoms with E-state index >= 15 is 0 Å². The second-order valence-electron chi connectivity index (χ2n) is 7.99. The van der Waals surface area contributed by atoms with Gasteiger partial charge in [0.05, 0.1) is 0 Å². The number of nitrogens with zero attached hydrogens (tertiary/aromatic N) is 1. The summed E-state index contributed by atoms with van der Waals surface area (Å²) in [6.45, 7) is 3.75. The van der Waals surface area contributed by atoms with Gasteiger partial charge in [0.25, 0.3) is 0 Å². The Balaban J connectivity index is 1.40. The number of rotatable bonds is 12. The lowest BCUT2D eigenvalue weighted by Crippen LogP contribution is -2.37. The molecule has 0 saturated carbocycles. The van der Waals surface area contributed by atoms with Gasteiger partial charge in [-0.2, -0.15) is 0 Å². The van der Waals surface area contributed by atoms with Crippen molar-refractivity contribution in [2.75, 3.05) is 31.6 Å². The van der Waals surface area contributed by atoms with Crippen LogP contribution in [0.15, 0.2) is 78.9 Å². The predicted molar refractivity (Wildman–Crippen MR) is 134 cm³/mol. The Hall–Kier alpha value is -3.68. The van der Waals surface area contributed by atoms with Crippen molar-refractivity contribution in [2.24, 2.45) is 5.73 Å². The van der Waals surface area contributed by atoms with Gasteiger partial charge in [-0.05, 0) is 54.1 Å². The van der Waals surface area contributed by atoms with Crippen LogP contribution in [0, 0.1) is 0 Å². The summed E-state index contributed by atoms with van der Waals surface area (Å²) in [5, 5.41) is 13.2. The summed E-state index contributed by atoms with van der Waals surface area (Å²) in [6.07, 6.45) is -0.405. The molecule has 3 aromatic rings. The van der Waals surface area contributed by atoms with Crippen LogP contribution >= 0.6 is 0 Å². The fraction of sp³-hybridized carbons (Fsp3) is 0.259. The number of carbonyl (C=O) groups excluding carboxylic acids is 2. The number of hydrogen-bond donors (Lipinski definition) is 3. The lowest BCUT2D eigenvalue weighted by Gasteiger charge is -2.23. The monoisotopic (exact) mass is 461 g/mol. The average Bonchev–Trinajstić information content (AvgIpc) is 2.86. The normalized spacial score (nSPS) is 11.7. The second-order valence-corrected chi connectivity index (χ2v) is 7.99. The van der Waals surface area contributed by atoms with Gasteiger partial charge in [0.2, 0.25) is 11.8 Å². The van der Waals surface area contributed by atoms with E-state index in [1.165, 1.54) is 0 Å². The fourth-order valence-electron chi connectivity index (χ4n) is 3.50. The second kappa shape index (κ2) is 12.5. The number of nitrogens with one attached hydrogen (secondary N) is 1. The highest BCUT2D eigenvalue weighted by molar-refractivity contribution is 5.94. The average molecular weight is 462 g/mol. The van der Waals surface area contributed by atoms with E-state index in [1.54, 1.807) is 24.3 Å². The SMILES string of the molecule is CCN(CCC(=O)Nc1ccc(C(N)=O)cc1)C[C@H](O)COc1ccc(-c2ccccc2)cc1. The molecule has 2 amide bonds. The van der Waals surface area contributed by atoms with E-state index in [-0.39, 0.29) is 18.9 Å². The van der Waals surface area contributed by atoms with Gasteiger partial charge in [-0.1, -0.05) is 49.4 Å². The zero-order chi connectivity index (χ0) is 24.3. The third-order valence-electron chi connectivity index (χ3n) is 5.43. The van der Waals surface area contributed by atoms with E-state index in [4.69, 9.17) is 10.5 Å². The third-order valence-corrected chi connectivity index (χ3v) is 5.43. The number of aliphatic hydroxyl groups is 1. The number of aliphatic hydroxyl groups excluding tert-OH is 1. The molecule has 178 valence electrons. The molecule has 0 unspecified atom stereocenters. The number of nitrogens with two attached hydrogens (primary N) is 1. The number of hydrogen-bond acceptors (Lipinski definition) is 5. The first-order valence-corrected chi connectivity index (χ1v) is 11.3. The summed E-state index contributed by atoms with van der Waals surface area (Å²) in [5.41, 5.74) is 8.45. The van der Waals surface area contributed by atoms with Gasteiger partial charge < -0.3 is 25.8 Å². The van der Waals surface area contributed by atoms with Crippen LogP contribution < -0.4 is 15.8 Å². The van der Waals surface area contributed by atoms with Crippen LogP contribution in [0.3, 0.4) is 0 Å². The molecule has 34 heavy (non-hydrogen) atoms. The van der Waals surface area contributed by atoms with Gasteiger partial charge in [0.1, 0.15) is 18.5 Å². The highest BCUT2D eigenvalue weighted by Crippen LogP contribution is 2.22. The van der Waals surface area contributed by atoms with Gasteiger partial charge in [-0.25, -0.2) is 0 Å². The van der Waals surface area contributed by atoms with Crippen molar-refractivity contribution in [3.05, 3.63) is 84.4 Å². The number of ether oxygens (including phenoxy) is 1. The lowest BCUT2D eigenvalue weighted by atomic mass is 10.1. The predicted octanol–water partition coefficient (Wildman–Crippen LogP) is 3.54. The topological polar surface area (TPSA) is 105 Å². The molecule has 4 N–H and O–H groups in total. The van der Waals surface area contributed by atoms with Crippen LogP contribution in [-0.4, -0.2) is 54.2 Å². The molecule has 7 heteroatoms. The molecule has 0 aliphatic carbocycles. The van der Waals surface area contributed by atoms with E-state index in [0.29, 0.717) is 36.6 Å². The molecule has 0 bridgehead atoms. The Morgan fingerprint density at radius 2 is 1.62 bits per heavy atom.